The zero-order valence-electron chi connectivity index (χ0n) is 15.2. The molecule has 2 aromatic rings. The van der Waals surface area contributed by atoms with Crippen molar-refractivity contribution in [3.8, 4) is 0 Å². The number of nitrogens with one attached hydrogen (secondary N) is 1. The van der Waals surface area contributed by atoms with E-state index in [1.807, 2.05) is 17.0 Å². The van der Waals surface area contributed by atoms with Gasteiger partial charge in [0.2, 0.25) is 10.0 Å². The second-order valence-electron chi connectivity index (χ2n) is 6.32. The van der Waals surface area contributed by atoms with E-state index in [-0.39, 0.29) is 29.3 Å². The normalized spacial score (nSPS) is 17.4. The van der Waals surface area contributed by atoms with Crippen molar-refractivity contribution < 1.29 is 13.2 Å². The number of pyridine rings is 1. The van der Waals surface area contributed by atoms with Gasteiger partial charge in [0.05, 0.1) is 10.9 Å². The Bertz CT molecular complexity index is 873. The number of benzene rings is 1. The second-order valence-corrected chi connectivity index (χ2v) is 8.47. The van der Waals surface area contributed by atoms with Crippen LogP contribution in [0, 0.1) is 0 Å². The van der Waals surface area contributed by atoms with E-state index in [2.05, 4.69) is 10.3 Å². The molecule has 2 heterocycles. The van der Waals surface area contributed by atoms with Crippen molar-refractivity contribution in [1.29, 1.82) is 0 Å². The highest BCUT2D eigenvalue weighted by Crippen LogP contribution is 2.24. The SMILES string of the molecule is CN(C)S(=O)(=O)c1ccc(C(=O)N2CCNCC2c2cccnc2)cc1.Cl. The van der Waals surface area contributed by atoms with E-state index in [1.54, 1.807) is 24.5 Å². The first-order chi connectivity index (χ1) is 12.4. The van der Waals surface area contributed by atoms with E-state index in [0.29, 0.717) is 18.7 Å². The zero-order valence-corrected chi connectivity index (χ0v) is 16.8. The smallest absolute Gasteiger partial charge is 0.254 e. The average molecular weight is 411 g/mol. The third-order valence-electron chi connectivity index (χ3n) is 4.45. The Kier molecular flexibility index (Phi) is 6.94. The maximum absolute atomic E-state index is 13.0. The molecule has 146 valence electrons. The van der Waals surface area contributed by atoms with Gasteiger partial charge in [-0.1, -0.05) is 6.07 Å². The van der Waals surface area contributed by atoms with Gasteiger partial charge in [0.15, 0.2) is 0 Å². The molecule has 27 heavy (non-hydrogen) atoms. The summed E-state index contributed by atoms with van der Waals surface area (Å²) in [5, 5.41) is 3.30. The van der Waals surface area contributed by atoms with Gasteiger partial charge >= 0.3 is 0 Å². The van der Waals surface area contributed by atoms with Gasteiger partial charge in [-0.15, -0.1) is 12.4 Å². The Morgan fingerprint density at radius 1 is 1.22 bits per heavy atom. The molecule has 1 aromatic carbocycles. The summed E-state index contributed by atoms with van der Waals surface area (Å²) in [5.74, 6) is -0.117. The molecule has 7 nitrogen and oxygen atoms in total. The first-order valence-corrected chi connectivity index (χ1v) is 9.79. The van der Waals surface area contributed by atoms with Crippen LogP contribution in [-0.4, -0.2) is 62.2 Å². The number of amides is 1. The molecule has 0 bridgehead atoms. The van der Waals surface area contributed by atoms with Gasteiger partial charge < -0.3 is 10.2 Å². The highest BCUT2D eigenvalue weighted by Gasteiger charge is 2.29. The first-order valence-electron chi connectivity index (χ1n) is 8.35. The Morgan fingerprint density at radius 3 is 2.52 bits per heavy atom. The Balaban J connectivity index is 0.00000261. The van der Waals surface area contributed by atoms with Crippen molar-refractivity contribution in [1.82, 2.24) is 19.5 Å². The lowest BCUT2D eigenvalue weighted by molar-refractivity contribution is 0.0634. The van der Waals surface area contributed by atoms with Crippen LogP contribution in [0.25, 0.3) is 0 Å². The summed E-state index contributed by atoms with van der Waals surface area (Å²) in [7, 11) is -0.548. The van der Waals surface area contributed by atoms with E-state index in [0.717, 1.165) is 16.4 Å². The summed E-state index contributed by atoms with van der Waals surface area (Å²) < 4.78 is 25.5. The minimum absolute atomic E-state index is 0. The van der Waals surface area contributed by atoms with Crippen LogP contribution in [0.15, 0.2) is 53.7 Å². The Hall–Kier alpha value is -2.00. The molecule has 1 aliphatic rings. The standard InChI is InChI=1S/C18H22N4O3S.ClH/c1-21(2)26(24,25)16-7-5-14(6-8-16)18(23)22-11-10-20-13-17(22)15-4-3-9-19-12-15;/h3-9,12,17,20H,10-11,13H2,1-2H3;1H. The van der Waals surface area contributed by atoms with Gasteiger partial charge in [-0.3, -0.25) is 9.78 Å². The van der Waals surface area contributed by atoms with Gasteiger partial charge in [-0.2, -0.15) is 0 Å². The van der Waals surface area contributed by atoms with Crippen LogP contribution in [0.2, 0.25) is 0 Å². The van der Waals surface area contributed by atoms with Gasteiger partial charge in [-0.25, -0.2) is 12.7 Å². The summed E-state index contributed by atoms with van der Waals surface area (Å²) in [6.45, 7) is 1.95. The van der Waals surface area contributed by atoms with Crippen molar-refractivity contribution in [3.05, 3.63) is 59.9 Å². The number of hydrogen-bond donors (Lipinski definition) is 1. The van der Waals surface area contributed by atoms with E-state index < -0.39 is 10.0 Å². The predicted molar refractivity (Wildman–Crippen MR) is 105 cm³/mol. The second kappa shape index (κ2) is 8.79. The molecule has 1 amide bonds. The number of carbonyl (C=O) groups excluding carboxylic acids is 1. The molecule has 1 aliphatic heterocycles. The van der Waals surface area contributed by atoms with Gasteiger partial charge in [-0.05, 0) is 35.9 Å². The highest BCUT2D eigenvalue weighted by atomic mass is 35.5. The van der Waals surface area contributed by atoms with E-state index >= 15 is 0 Å². The van der Waals surface area contributed by atoms with Crippen LogP contribution in [0.4, 0.5) is 0 Å². The van der Waals surface area contributed by atoms with Crippen molar-refractivity contribution in [2.24, 2.45) is 0 Å². The van der Waals surface area contributed by atoms with Gasteiger partial charge in [0, 0.05) is 51.7 Å². The number of halogens is 1. The maximum Gasteiger partial charge on any atom is 0.254 e. The fourth-order valence-electron chi connectivity index (χ4n) is 2.96. The van der Waals surface area contributed by atoms with Crippen LogP contribution in [0.1, 0.15) is 22.0 Å². The molecule has 1 unspecified atom stereocenters. The third-order valence-corrected chi connectivity index (χ3v) is 6.28. The molecule has 1 atom stereocenters. The van der Waals surface area contributed by atoms with E-state index in [1.165, 1.54) is 26.2 Å². The number of nitrogens with zero attached hydrogens (tertiary/aromatic N) is 3. The fraction of sp³-hybridized carbons (Fsp3) is 0.333. The molecular formula is C18H23ClN4O3S. The molecule has 0 aliphatic carbocycles. The topological polar surface area (TPSA) is 82.6 Å². The zero-order chi connectivity index (χ0) is 18.7. The number of hydrogen-bond acceptors (Lipinski definition) is 5. The fourth-order valence-corrected chi connectivity index (χ4v) is 3.87. The van der Waals surface area contributed by atoms with Crippen LogP contribution in [0.3, 0.4) is 0 Å². The van der Waals surface area contributed by atoms with E-state index in [4.69, 9.17) is 0 Å². The number of carbonyl (C=O) groups is 1. The number of piperazine rings is 1. The molecule has 1 saturated heterocycles. The van der Waals surface area contributed by atoms with Crippen molar-refractivity contribution in [3.63, 3.8) is 0 Å². The predicted octanol–water partition coefficient (Wildman–Crippen LogP) is 1.54. The maximum atomic E-state index is 13.0. The van der Waals surface area contributed by atoms with Crippen molar-refractivity contribution in [2.45, 2.75) is 10.9 Å². The minimum Gasteiger partial charge on any atom is -0.329 e. The van der Waals surface area contributed by atoms with Gasteiger partial charge in [0.1, 0.15) is 0 Å². The monoisotopic (exact) mass is 410 g/mol. The molecule has 0 saturated carbocycles. The third kappa shape index (κ3) is 4.47. The molecule has 1 aromatic heterocycles. The minimum atomic E-state index is -3.51. The average Bonchev–Trinajstić information content (AvgIpc) is 2.68. The molecule has 1 fully saturated rings. The molecule has 1 N–H and O–H groups in total. The summed E-state index contributed by atoms with van der Waals surface area (Å²) >= 11 is 0. The summed E-state index contributed by atoms with van der Waals surface area (Å²) in [6.07, 6.45) is 3.47. The molecular weight excluding hydrogens is 388 g/mol. The van der Waals surface area contributed by atoms with Crippen molar-refractivity contribution >= 4 is 28.3 Å². The highest BCUT2D eigenvalue weighted by molar-refractivity contribution is 7.89. The Morgan fingerprint density at radius 2 is 1.93 bits per heavy atom. The van der Waals surface area contributed by atoms with Crippen LogP contribution in [0.5, 0.6) is 0 Å². The summed E-state index contributed by atoms with van der Waals surface area (Å²) in [6, 6.07) is 9.80. The van der Waals surface area contributed by atoms with Crippen LogP contribution >= 0.6 is 12.4 Å². The summed E-state index contributed by atoms with van der Waals surface area (Å²) in [5.41, 5.74) is 1.44. The molecule has 9 heteroatoms. The van der Waals surface area contributed by atoms with E-state index in [9.17, 15) is 13.2 Å². The quantitative estimate of drug-likeness (QED) is 0.826. The lowest BCUT2D eigenvalue weighted by Crippen LogP contribution is -2.48. The first kappa shape index (κ1) is 21.3. The largest absolute Gasteiger partial charge is 0.329 e. The molecule has 0 spiro atoms. The number of rotatable bonds is 4. The molecule has 3 rings (SSSR count). The van der Waals surface area contributed by atoms with Crippen LogP contribution in [-0.2, 0) is 10.0 Å². The Labute approximate surface area is 165 Å². The number of sulfonamides is 1. The lowest BCUT2D eigenvalue weighted by Gasteiger charge is -2.36. The lowest BCUT2D eigenvalue weighted by atomic mass is 10.0. The van der Waals surface area contributed by atoms with Gasteiger partial charge in [0.25, 0.3) is 5.91 Å². The number of aromatic nitrogens is 1. The summed E-state index contributed by atoms with van der Waals surface area (Å²) in [4.78, 5) is 19.1. The van der Waals surface area contributed by atoms with Crippen LogP contribution < -0.4 is 5.32 Å². The van der Waals surface area contributed by atoms with Crippen molar-refractivity contribution in [2.75, 3.05) is 33.7 Å². The molecule has 0 radical (unpaired) electrons.